The van der Waals surface area contributed by atoms with Gasteiger partial charge in [0.05, 0.1) is 5.92 Å². The van der Waals surface area contributed by atoms with Crippen LogP contribution < -0.4 is 0 Å². The van der Waals surface area contributed by atoms with Gasteiger partial charge in [-0.3, -0.25) is 4.79 Å². The molecule has 0 aliphatic carbocycles. The van der Waals surface area contributed by atoms with E-state index in [1.54, 1.807) is 12.1 Å². The number of carbonyl (C=O) groups is 1. The Balaban J connectivity index is 1.49. The number of halogens is 1. The monoisotopic (exact) mass is 365 g/mol. The molecule has 0 saturated carbocycles. The number of likely N-dealkylation sites (tertiary alicyclic amines) is 1. The summed E-state index contributed by atoms with van der Waals surface area (Å²) in [6.45, 7) is 3.28. The third-order valence-electron chi connectivity index (χ3n) is 4.90. The largest absolute Gasteiger partial charge is 0.339 e. The highest BCUT2D eigenvalue weighted by Crippen LogP contribution is 2.28. The number of aromatic nitrogens is 2. The lowest BCUT2D eigenvalue weighted by atomic mass is 9.97. The molecular weight excluding hydrogens is 345 g/mol. The molecule has 0 radical (unpaired) electrons. The molecule has 4 rings (SSSR count). The number of rotatable bonds is 3. The smallest absolute Gasteiger partial charge is 0.253 e. The lowest BCUT2D eigenvalue weighted by molar-refractivity contribution is 0.0695. The minimum atomic E-state index is -0.306. The zero-order chi connectivity index (χ0) is 18.8. The maximum Gasteiger partial charge on any atom is 0.253 e. The van der Waals surface area contributed by atoms with Crippen molar-refractivity contribution in [1.82, 2.24) is 15.0 Å². The number of nitrogens with zero attached hydrogens (tertiary/aromatic N) is 3. The zero-order valence-corrected chi connectivity index (χ0v) is 15.1. The lowest BCUT2D eigenvalue weighted by Gasteiger charge is -2.31. The predicted octanol–water partition coefficient (Wildman–Crippen LogP) is 4.20. The molecule has 27 heavy (non-hydrogen) atoms. The molecule has 0 spiro atoms. The number of benzene rings is 2. The van der Waals surface area contributed by atoms with Crippen molar-refractivity contribution in [2.45, 2.75) is 25.7 Å². The van der Waals surface area contributed by atoms with E-state index in [4.69, 9.17) is 4.52 Å². The average molecular weight is 365 g/mol. The molecule has 0 unspecified atom stereocenters. The van der Waals surface area contributed by atoms with Gasteiger partial charge in [0.1, 0.15) is 5.82 Å². The van der Waals surface area contributed by atoms with E-state index in [1.165, 1.54) is 12.1 Å². The number of amides is 1. The van der Waals surface area contributed by atoms with Crippen molar-refractivity contribution < 1.29 is 13.7 Å². The molecular formula is C21H20FN3O2. The quantitative estimate of drug-likeness (QED) is 0.698. The van der Waals surface area contributed by atoms with Crippen molar-refractivity contribution in [3.8, 4) is 11.4 Å². The summed E-state index contributed by atoms with van der Waals surface area (Å²) in [7, 11) is 0. The van der Waals surface area contributed by atoms with Crippen molar-refractivity contribution in [2.75, 3.05) is 13.1 Å². The number of carbonyl (C=O) groups excluding carboxylic acids is 1. The molecule has 1 aliphatic heterocycles. The Morgan fingerprint density at radius 1 is 1.15 bits per heavy atom. The van der Waals surface area contributed by atoms with E-state index in [0.717, 1.165) is 24.9 Å². The summed E-state index contributed by atoms with van der Waals surface area (Å²) in [4.78, 5) is 19.1. The van der Waals surface area contributed by atoms with Crippen LogP contribution in [0.4, 0.5) is 4.39 Å². The molecule has 3 aromatic rings. The highest BCUT2D eigenvalue weighted by molar-refractivity contribution is 5.94. The lowest BCUT2D eigenvalue weighted by Crippen LogP contribution is -2.39. The van der Waals surface area contributed by atoms with Crippen LogP contribution in [0, 0.1) is 12.7 Å². The highest BCUT2D eigenvalue weighted by Gasteiger charge is 2.29. The standard InChI is InChI=1S/C21H20FN3O2/c1-14-4-6-16(7-5-14)21(26)25-12-2-3-17(13-25)20-23-19(24-27-20)15-8-10-18(22)11-9-15/h4-11,17H,2-3,12-13H2,1H3/t17-/m0/s1. The van der Waals surface area contributed by atoms with Gasteiger partial charge in [0.25, 0.3) is 5.91 Å². The molecule has 2 aromatic carbocycles. The predicted molar refractivity (Wildman–Crippen MR) is 98.7 cm³/mol. The second kappa shape index (κ2) is 7.31. The molecule has 5 nitrogen and oxygen atoms in total. The molecule has 1 amide bonds. The van der Waals surface area contributed by atoms with Crippen LogP contribution in [0.3, 0.4) is 0 Å². The molecule has 1 aromatic heterocycles. The van der Waals surface area contributed by atoms with Crippen molar-refractivity contribution in [3.05, 3.63) is 71.4 Å². The first-order valence-electron chi connectivity index (χ1n) is 9.05. The van der Waals surface area contributed by atoms with Gasteiger partial charge in [-0.05, 0) is 56.2 Å². The Morgan fingerprint density at radius 2 is 1.89 bits per heavy atom. The van der Waals surface area contributed by atoms with Gasteiger partial charge >= 0.3 is 0 Å². The molecule has 2 heterocycles. The summed E-state index contributed by atoms with van der Waals surface area (Å²) in [5, 5.41) is 4.02. The number of hydrogen-bond donors (Lipinski definition) is 0. The molecule has 0 bridgehead atoms. The van der Waals surface area contributed by atoms with E-state index in [0.29, 0.717) is 29.4 Å². The van der Waals surface area contributed by atoms with Crippen molar-refractivity contribution in [3.63, 3.8) is 0 Å². The van der Waals surface area contributed by atoms with Crippen LogP contribution in [0.5, 0.6) is 0 Å². The summed E-state index contributed by atoms with van der Waals surface area (Å²) >= 11 is 0. The van der Waals surface area contributed by atoms with E-state index in [-0.39, 0.29) is 17.6 Å². The van der Waals surface area contributed by atoms with Gasteiger partial charge in [0.15, 0.2) is 0 Å². The van der Waals surface area contributed by atoms with Crippen LogP contribution in [0.1, 0.15) is 40.6 Å². The van der Waals surface area contributed by atoms with Crippen LogP contribution >= 0.6 is 0 Å². The van der Waals surface area contributed by atoms with Crippen LogP contribution in [0.15, 0.2) is 53.1 Å². The third-order valence-corrected chi connectivity index (χ3v) is 4.90. The Labute approximate surface area is 156 Å². The first kappa shape index (κ1) is 17.4. The van der Waals surface area contributed by atoms with Gasteiger partial charge in [-0.1, -0.05) is 22.9 Å². The summed E-state index contributed by atoms with van der Waals surface area (Å²) in [6, 6.07) is 13.6. The Kier molecular flexibility index (Phi) is 4.71. The fraction of sp³-hybridized carbons (Fsp3) is 0.286. The van der Waals surface area contributed by atoms with Gasteiger partial charge in [0.2, 0.25) is 11.7 Å². The molecule has 1 atom stereocenters. The van der Waals surface area contributed by atoms with Crippen LogP contribution in [0.25, 0.3) is 11.4 Å². The fourth-order valence-corrected chi connectivity index (χ4v) is 3.36. The molecule has 1 aliphatic rings. The Hall–Kier alpha value is -3.02. The van der Waals surface area contributed by atoms with Crippen LogP contribution in [-0.2, 0) is 0 Å². The summed E-state index contributed by atoms with van der Waals surface area (Å²) in [5.74, 6) is 0.690. The van der Waals surface area contributed by atoms with E-state index in [2.05, 4.69) is 10.1 Å². The van der Waals surface area contributed by atoms with Crippen LogP contribution in [-0.4, -0.2) is 34.0 Å². The normalized spacial score (nSPS) is 17.1. The molecule has 1 saturated heterocycles. The summed E-state index contributed by atoms with van der Waals surface area (Å²) < 4.78 is 18.5. The fourth-order valence-electron chi connectivity index (χ4n) is 3.36. The minimum Gasteiger partial charge on any atom is -0.339 e. The molecule has 1 fully saturated rings. The summed E-state index contributed by atoms with van der Waals surface area (Å²) in [6.07, 6.45) is 1.78. The molecule has 0 N–H and O–H groups in total. The third kappa shape index (κ3) is 3.74. The van der Waals surface area contributed by atoms with Gasteiger partial charge in [-0.2, -0.15) is 4.98 Å². The first-order chi connectivity index (χ1) is 13.1. The number of aryl methyl sites for hydroxylation is 1. The number of piperidine rings is 1. The maximum atomic E-state index is 13.1. The zero-order valence-electron chi connectivity index (χ0n) is 15.1. The van der Waals surface area contributed by atoms with E-state index in [9.17, 15) is 9.18 Å². The van der Waals surface area contributed by atoms with Crippen molar-refractivity contribution in [2.24, 2.45) is 0 Å². The SMILES string of the molecule is Cc1ccc(C(=O)N2CCC[C@H](c3nc(-c4ccc(F)cc4)no3)C2)cc1. The van der Waals surface area contributed by atoms with Gasteiger partial charge in [0, 0.05) is 24.2 Å². The van der Waals surface area contributed by atoms with E-state index < -0.39 is 0 Å². The first-order valence-corrected chi connectivity index (χ1v) is 9.05. The molecule has 6 heteroatoms. The van der Waals surface area contributed by atoms with E-state index in [1.807, 2.05) is 36.1 Å². The van der Waals surface area contributed by atoms with Crippen molar-refractivity contribution >= 4 is 5.91 Å². The number of hydrogen-bond acceptors (Lipinski definition) is 4. The summed E-state index contributed by atoms with van der Waals surface area (Å²) in [5.41, 5.74) is 2.52. The molecule has 138 valence electrons. The van der Waals surface area contributed by atoms with Crippen LogP contribution in [0.2, 0.25) is 0 Å². The Morgan fingerprint density at radius 3 is 2.63 bits per heavy atom. The minimum absolute atomic E-state index is 0.00912. The van der Waals surface area contributed by atoms with Gasteiger partial charge in [-0.15, -0.1) is 0 Å². The second-order valence-electron chi connectivity index (χ2n) is 6.92. The average Bonchev–Trinajstić information content (AvgIpc) is 3.19. The Bertz CT molecular complexity index is 935. The van der Waals surface area contributed by atoms with Crippen molar-refractivity contribution in [1.29, 1.82) is 0 Å². The van der Waals surface area contributed by atoms with Gasteiger partial charge in [-0.25, -0.2) is 4.39 Å². The maximum absolute atomic E-state index is 13.1. The highest BCUT2D eigenvalue weighted by atomic mass is 19.1. The van der Waals surface area contributed by atoms with E-state index >= 15 is 0 Å². The van der Waals surface area contributed by atoms with Gasteiger partial charge < -0.3 is 9.42 Å². The topological polar surface area (TPSA) is 59.2 Å². The second-order valence-corrected chi connectivity index (χ2v) is 6.92.